The Hall–Kier alpha value is -5.22. The van der Waals surface area contributed by atoms with Gasteiger partial charge in [0.15, 0.2) is 0 Å². The van der Waals surface area contributed by atoms with Crippen molar-refractivity contribution in [2.75, 3.05) is 0 Å². The van der Waals surface area contributed by atoms with Gasteiger partial charge in [0.2, 0.25) is 0 Å². The van der Waals surface area contributed by atoms with Crippen molar-refractivity contribution >= 4 is 39.2 Å². The maximum atomic E-state index is 12.8. The zero-order valence-corrected chi connectivity index (χ0v) is 34.1. The molecule has 0 aliphatic carbocycles. The fraction of sp³-hybridized carbons (Fsp3) is 0.174. The largest absolute Gasteiger partial charge is 2.00 e. The summed E-state index contributed by atoms with van der Waals surface area (Å²) in [5.74, 6) is -3.53. The van der Waals surface area contributed by atoms with Crippen molar-refractivity contribution in [2.45, 2.75) is 51.4 Å². The normalized spacial score (nSPS) is 12.9. The van der Waals surface area contributed by atoms with Crippen LogP contribution in [0.2, 0.25) is 0 Å². The molecule has 0 aliphatic rings. The quantitative estimate of drug-likeness (QED) is 0.133. The Kier molecular flexibility index (Phi) is 14.2. The number of carbonyl (C=O) groups is 2. The molecule has 0 heterocycles. The van der Waals surface area contributed by atoms with Crippen molar-refractivity contribution in [1.29, 1.82) is 0 Å². The predicted octanol–water partition coefficient (Wildman–Crippen LogP) is 9.14. The molecule has 53 heavy (non-hydrogen) atoms. The molecule has 0 fully saturated rings. The van der Waals surface area contributed by atoms with Crippen molar-refractivity contribution in [3.63, 3.8) is 0 Å². The molecule has 0 amide bonds. The van der Waals surface area contributed by atoms with E-state index in [1.165, 1.54) is 12.1 Å². The van der Waals surface area contributed by atoms with Crippen LogP contribution in [0, 0.1) is 0 Å². The molecule has 0 saturated heterocycles. The van der Waals surface area contributed by atoms with Crippen molar-refractivity contribution in [3.8, 4) is 11.5 Å². The predicted molar refractivity (Wildman–Crippen MR) is 207 cm³/mol. The monoisotopic (exact) mass is 898 g/mol. The Labute approximate surface area is 331 Å². The van der Waals surface area contributed by atoms with Crippen LogP contribution in [0.15, 0.2) is 146 Å². The summed E-state index contributed by atoms with van der Waals surface area (Å²) >= 11 is 0. The van der Waals surface area contributed by atoms with Gasteiger partial charge in [-0.05, 0) is 56.6 Å². The van der Waals surface area contributed by atoms with Gasteiger partial charge in [-0.25, -0.2) is 9.59 Å². The molecule has 6 aromatic rings. The van der Waals surface area contributed by atoms with E-state index in [0.717, 1.165) is 33.4 Å². The summed E-state index contributed by atoms with van der Waals surface area (Å²) in [7, 11) is 0. The Morgan fingerprint density at radius 1 is 0.415 bits per heavy atom. The van der Waals surface area contributed by atoms with E-state index in [-0.39, 0.29) is 62.1 Å². The van der Waals surface area contributed by atoms with Gasteiger partial charge in [0, 0.05) is 23.7 Å². The van der Waals surface area contributed by atoms with Crippen LogP contribution in [0.1, 0.15) is 117 Å². The van der Waals surface area contributed by atoms with Crippen LogP contribution in [0.5, 0.6) is 11.5 Å². The zero-order valence-electron chi connectivity index (χ0n) is 30.2. The molecule has 2 radical (unpaired) electrons. The van der Waals surface area contributed by atoms with Gasteiger partial charge in [0.1, 0.15) is 0 Å². The zero-order chi connectivity index (χ0) is 37.4. The first-order valence-corrected chi connectivity index (χ1v) is 17.3. The van der Waals surface area contributed by atoms with E-state index < -0.39 is 23.4 Å². The van der Waals surface area contributed by atoms with E-state index in [1.807, 2.05) is 161 Å². The molecule has 0 aliphatic heterocycles. The van der Waals surface area contributed by atoms with Gasteiger partial charge >= 0.3 is 39.2 Å². The van der Waals surface area contributed by atoms with Gasteiger partial charge in [-0.2, -0.15) is 0 Å². The Morgan fingerprint density at radius 2 is 0.660 bits per heavy atom. The first-order chi connectivity index (χ1) is 25.0. The van der Waals surface area contributed by atoms with E-state index in [0.29, 0.717) is 11.1 Å². The van der Waals surface area contributed by atoms with E-state index in [1.54, 1.807) is 0 Å². The molecule has 0 saturated carbocycles. The first-order valence-electron chi connectivity index (χ1n) is 17.3. The van der Waals surface area contributed by atoms with Gasteiger partial charge in [-0.15, -0.1) is 0 Å². The Balaban J connectivity index is 0.000000232. The first kappa shape index (κ1) is 40.6. The summed E-state index contributed by atoms with van der Waals surface area (Å²) in [4.78, 5) is 23.3. The van der Waals surface area contributed by atoms with Crippen LogP contribution < -0.4 is 10.2 Å². The molecule has 266 valence electrons. The second kappa shape index (κ2) is 18.5. The van der Waals surface area contributed by atoms with Crippen LogP contribution in [0.3, 0.4) is 0 Å². The minimum atomic E-state index is -1.18. The molecule has 0 bridgehead atoms. The third kappa shape index (κ3) is 9.61. The van der Waals surface area contributed by atoms with Gasteiger partial charge < -0.3 is 20.4 Å². The average molecular weight is 898 g/mol. The molecule has 7 heteroatoms. The van der Waals surface area contributed by atoms with Crippen LogP contribution in [-0.2, 0) is 0 Å². The number of hydrogen-bond acceptors (Lipinski definition) is 4. The maximum absolute atomic E-state index is 12.8. The summed E-state index contributed by atoms with van der Waals surface area (Å²) in [6.45, 7) is 7.93. The summed E-state index contributed by atoms with van der Waals surface area (Å²) < 4.78 is 0. The molecule has 4 atom stereocenters. The molecule has 6 nitrogen and oxygen atoms in total. The molecule has 6 rings (SSSR count). The van der Waals surface area contributed by atoms with Gasteiger partial charge in [-0.3, -0.25) is 0 Å². The topological polar surface area (TPSA) is 121 Å². The van der Waals surface area contributed by atoms with Gasteiger partial charge in [0.05, 0.1) is 11.1 Å². The van der Waals surface area contributed by atoms with Crippen LogP contribution in [0.4, 0.5) is 0 Å². The number of carboxylic acids is 2. The minimum Gasteiger partial charge on any atom is -0.872 e. The van der Waals surface area contributed by atoms with E-state index >= 15 is 0 Å². The Morgan fingerprint density at radius 3 is 0.906 bits per heavy atom. The van der Waals surface area contributed by atoms with Gasteiger partial charge in [0.25, 0.3) is 0 Å². The van der Waals surface area contributed by atoms with Crippen LogP contribution in [-0.4, -0.2) is 49.5 Å². The van der Waals surface area contributed by atoms with E-state index in [2.05, 4.69) is 0 Å². The number of aromatic carboxylic acids is 2. The standard InChI is InChI=1S/2C23H22O3.Pb/c2*1-15(17-9-5-3-6-10-17)19-13-20(22(24)21(14-19)23(25)26)16(2)18-11-7-4-8-12-18;/h2*3-16,24H,1-2H3,(H,25,26);/q;;+2/p-2. The second-order valence-electron chi connectivity index (χ2n) is 13.1. The third-order valence-electron chi connectivity index (χ3n) is 9.87. The third-order valence-corrected chi connectivity index (χ3v) is 9.87. The van der Waals surface area contributed by atoms with Crippen molar-refractivity contribution in [1.82, 2.24) is 0 Å². The summed E-state index contributed by atoms with van der Waals surface area (Å²) in [5.41, 5.74) is 6.54. The van der Waals surface area contributed by atoms with Gasteiger partial charge in [-0.1, -0.05) is 173 Å². The van der Waals surface area contributed by atoms with Crippen molar-refractivity contribution in [3.05, 3.63) is 201 Å². The van der Waals surface area contributed by atoms with Crippen LogP contribution in [0.25, 0.3) is 0 Å². The molecular weight excluding hydrogens is 856 g/mol. The average Bonchev–Trinajstić information content (AvgIpc) is 3.18. The minimum absolute atomic E-state index is 0. The summed E-state index contributed by atoms with van der Waals surface area (Å²) in [5, 5.41) is 44.5. The number of rotatable bonds is 10. The number of benzene rings is 6. The Bertz CT molecular complexity index is 1960. The molecule has 6 aromatic carbocycles. The summed E-state index contributed by atoms with van der Waals surface area (Å²) in [6, 6.07) is 45.9. The maximum Gasteiger partial charge on any atom is 2.00 e. The van der Waals surface area contributed by atoms with Crippen molar-refractivity contribution < 1.29 is 30.0 Å². The molecule has 2 N–H and O–H groups in total. The molecule has 0 spiro atoms. The van der Waals surface area contributed by atoms with E-state index in [9.17, 15) is 30.0 Å². The number of hydrogen-bond donors (Lipinski definition) is 2. The molecular formula is C46H42O6Pb. The fourth-order valence-electron chi connectivity index (χ4n) is 6.52. The summed E-state index contributed by atoms with van der Waals surface area (Å²) in [6.07, 6.45) is 0. The van der Waals surface area contributed by atoms with Crippen molar-refractivity contribution in [2.24, 2.45) is 0 Å². The molecule has 4 unspecified atom stereocenters. The second-order valence-corrected chi connectivity index (χ2v) is 13.1. The number of carboxylic acid groups (broad SMARTS) is 2. The van der Waals surface area contributed by atoms with E-state index in [4.69, 9.17) is 0 Å². The molecule has 0 aromatic heterocycles. The SMILES string of the molecule is CC(c1ccccc1)c1cc(C(=O)O)c([O-])c(C(C)c2ccccc2)c1.CC(c1ccccc1)c1cc(C(=O)O)c([O-])c(C(C)c2ccccc2)c1.[Pb+2]. The van der Waals surface area contributed by atoms with Crippen LogP contribution >= 0.6 is 0 Å². The fourth-order valence-corrected chi connectivity index (χ4v) is 6.52. The smallest absolute Gasteiger partial charge is 0.872 e.